The van der Waals surface area contributed by atoms with Crippen LogP contribution in [0.15, 0.2) is 0 Å². The van der Waals surface area contributed by atoms with Crippen molar-refractivity contribution >= 4 is 0 Å². The van der Waals surface area contributed by atoms with Gasteiger partial charge in [-0.25, -0.2) is 0 Å². The molecule has 0 saturated carbocycles. The standard InChI is InChI=1S/C18H39N3/c1-7-17-13-20(6)10-9-11-21(17)15-18(5,8-2)14-19-12-16(3)4/h16-17,19H,7-15H2,1-6H3. The van der Waals surface area contributed by atoms with E-state index in [0.29, 0.717) is 5.41 Å². The predicted octanol–water partition coefficient (Wildman–Crippen LogP) is 3.06. The molecule has 1 N–H and O–H groups in total. The van der Waals surface area contributed by atoms with Crippen LogP contribution in [0.4, 0.5) is 0 Å². The molecule has 21 heavy (non-hydrogen) atoms. The molecule has 0 aromatic rings. The van der Waals surface area contributed by atoms with Gasteiger partial charge in [-0.05, 0) is 57.3 Å². The van der Waals surface area contributed by atoms with Crippen LogP contribution < -0.4 is 5.32 Å². The second-order valence-corrected chi connectivity index (χ2v) is 7.84. The molecule has 2 unspecified atom stereocenters. The summed E-state index contributed by atoms with van der Waals surface area (Å²) in [5.41, 5.74) is 0.394. The zero-order valence-corrected chi connectivity index (χ0v) is 15.4. The molecule has 0 aromatic carbocycles. The Kier molecular flexibility index (Phi) is 8.22. The zero-order chi connectivity index (χ0) is 15.9. The molecule has 0 aliphatic carbocycles. The highest BCUT2D eigenvalue weighted by Gasteiger charge is 2.30. The van der Waals surface area contributed by atoms with Crippen LogP contribution in [0, 0.1) is 11.3 Å². The van der Waals surface area contributed by atoms with Gasteiger partial charge >= 0.3 is 0 Å². The molecule has 2 atom stereocenters. The maximum absolute atomic E-state index is 3.69. The van der Waals surface area contributed by atoms with Gasteiger partial charge in [0.15, 0.2) is 0 Å². The molecule has 1 aliphatic rings. The SMILES string of the molecule is CCC1CN(C)CCCN1CC(C)(CC)CNCC(C)C. The zero-order valence-electron chi connectivity index (χ0n) is 15.4. The molecule has 126 valence electrons. The first-order chi connectivity index (χ1) is 9.90. The van der Waals surface area contributed by atoms with E-state index in [2.05, 4.69) is 56.8 Å². The van der Waals surface area contributed by atoms with Crippen molar-refractivity contribution in [1.82, 2.24) is 15.1 Å². The second-order valence-electron chi connectivity index (χ2n) is 7.84. The van der Waals surface area contributed by atoms with E-state index < -0.39 is 0 Å². The Bertz CT molecular complexity index is 280. The Morgan fingerprint density at radius 1 is 1.24 bits per heavy atom. The summed E-state index contributed by atoms with van der Waals surface area (Å²) in [6.45, 7) is 19.0. The lowest BCUT2D eigenvalue weighted by Gasteiger charge is -2.39. The maximum Gasteiger partial charge on any atom is 0.0220 e. The van der Waals surface area contributed by atoms with Gasteiger partial charge in [-0.15, -0.1) is 0 Å². The molecule has 1 saturated heterocycles. The number of rotatable bonds is 8. The van der Waals surface area contributed by atoms with Crippen molar-refractivity contribution in [3.63, 3.8) is 0 Å². The van der Waals surface area contributed by atoms with E-state index in [1.54, 1.807) is 0 Å². The molecule has 0 amide bonds. The second kappa shape index (κ2) is 9.12. The highest BCUT2D eigenvalue weighted by atomic mass is 15.2. The van der Waals surface area contributed by atoms with Gasteiger partial charge in [0.25, 0.3) is 0 Å². The van der Waals surface area contributed by atoms with Gasteiger partial charge < -0.3 is 10.2 Å². The molecule has 0 spiro atoms. The summed E-state index contributed by atoms with van der Waals surface area (Å²) >= 11 is 0. The minimum atomic E-state index is 0.394. The number of nitrogens with zero attached hydrogens (tertiary/aromatic N) is 2. The summed E-state index contributed by atoms with van der Waals surface area (Å²) in [5, 5.41) is 3.69. The van der Waals surface area contributed by atoms with Crippen LogP contribution in [-0.2, 0) is 0 Å². The van der Waals surface area contributed by atoms with E-state index >= 15 is 0 Å². The molecule has 0 radical (unpaired) electrons. The molecular formula is C18H39N3. The lowest BCUT2D eigenvalue weighted by Crippen LogP contribution is -2.48. The summed E-state index contributed by atoms with van der Waals surface area (Å²) in [4.78, 5) is 5.28. The van der Waals surface area contributed by atoms with E-state index in [0.717, 1.165) is 25.0 Å². The monoisotopic (exact) mass is 297 g/mol. The number of hydrogen-bond donors (Lipinski definition) is 1. The number of hydrogen-bond acceptors (Lipinski definition) is 3. The topological polar surface area (TPSA) is 18.5 Å². The van der Waals surface area contributed by atoms with E-state index in [1.165, 1.54) is 45.4 Å². The average molecular weight is 298 g/mol. The van der Waals surface area contributed by atoms with Crippen LogP contribution >= 0.6 is 0 Å². The van der Waals surface area contributed by atoms with Gasteiger partial charge in [0.1, 0.15) is 0 Å². The highest BCUT2D eigenvalue weighted by molar-refractivity contribution is 4.85. The first-order valence-corrected chi connectivity index (χ1v) is 9.03. The molecule has 3 nitrogen and oxygen atoms in total. The molecule has 0 bridgehead atoms. The minimum absolute atomic E-state index is 0.394. The van der Waals surface area contributed by atoms with Gasteiger partial charge in [-0.1, -0.05) is 34.6 Å². The quantitative estimate of drug-likeness (QED) is 0.743. The van der Waals surface area contributed by atoms with E-state index in [9.17, 15) is 0 Å². The summed E-state index contributed by atoms with van der Waals surface area (Å²) in [5.74, 6) is 0.737. The molecule has 1 heterocycles. The molecule has 1 aliphatic heterocycles. The molecule has 0 aromatic heterocycles. The van der Waals surface area contributed by atoms with Crippen LogP contribution in [0.1, 0.15) is 53.9 Å². The molecule has 3 heteroatoms. The van der Waals surface area contributed by atoms with Gasteiger partial charge in [0.05, 0.1) is 0 Å². The van der Waals surface area contributed by atoms with Crippen molar-refractivity contribution < 1.29 is 0 Å². The minimum Gasteiger partial charge on any atom is -0.316 e. The fraction of sp³-hybridized carbons (Fsp3) is 1.00. The van der Waals surface area contributed by atoms with Crippen molar-refractivity contribution in [2.45, 2.75) is 59.9 Å². The fourth-order valence-corrected chi connectivity index (χ4v) is 3.33. The Labute approximate surface area is 133 Å². The van der Waals surface area contributed by atoms with E-state index in [4.69, 9.17) is 0 Å². The van der Waals surface area contributed by atoms with Gasteiger partial charge in [0, 0.05) is 25.7 Å². The van der Waals surface area contributed by atoms with Gasteiger partial charge in [-0.2, -0.15) is 0 Å². The van der Waals surface area contributed by atoms with Gasteiger partial charge in [0.2, 0.25) is 0 Å². The smallest absolute Gasteiger partial charge is 0.0220 e. The molecule has 1 rings (SSSR count). The lowest BCUT2D eigenvalue weighted by atomic mass is 9.86. The average Bonchev–Trinajstić information content (AvgIpc) is 2.60. The highest BCUT2D eigenvalue weighted by Crippen LogP contribution is 2.25. The third kappa shape index (κ3) is 6.66. The van der Waals surface area contributed by atoms with Crippen LogP contribution in [0.3, 0.4) is 0 Å². The van der Waals surface area contributed by atoms with E-state index in [-0.39, 0.29) is 0 Å². The van der Waals surface area contributed by atoms with Crippen molar-refractivity contribution in [2.24, 2.45) is 11.3 Å². The Morgan fingerprint density at radius 2 is 1.95 bits per heavy atom. The van der Waals surface area contributed by atoms with Crippen LogP contribution in [0.25, 0.3) is 0 Å². The van der Waals surface area contributed by atoms with Crippen molar-refractivity contribution in [2.75, 3.05) is 46.3 Å². The normalized spacial score (nSPS) is 25.0. The Morgan fingerprint density at radius 3 is 2.52 bits per heavy atom. The third-order valence-corrected chi connectivity index (χ3v) is 5.04. The predicted molar refractivity (Wildman–Crippen MR) is 93.9 cm³/mol. The first-order valence-electron chi connectivity index (χ1n) is 9.03. The Hall–Kier alpha value is -0.120. The summed E-state index contributed by atoms with van der Waals surface area (Å²) in [6.07, 6.45) is 3.83. The summed E-state index contributed by atoms with van der Waals surface area (Å²) in [6, 6.07) is 0.730. The largest absolute Gasteiger partial charge is 0.316 e. The van der Waals surface area contributed by atoms with Gasteiger partial charge in [-0.3, -0.25) is 4.90 Å². The van der Waals surface area contributed by atoms with E-state index in [1.807, 2.05) is 0 Å². The Balaban J connectivity index is 2.59. The number of likely N-dealkylation sites (N-methyl/N-ethyl adjacent to an activating group) is 1. The van der Waals surface area contributed by atoms with Crippen LogP contribution in [0.5, 0.6) is 0 Å². The fourth-order valence-electron chi connectivity index (χ4n) is 3.33. The lowest BCUT2D eigenvalue weighted by molar-refractivity contribution is 0.109. The third-order valence-electron chi connectivity index (χ3n) is 5.04. The van der Waals surface area contributed by atoms with Crippen molar-refractivity contribution in [1.29, 1.82) is 0 Å². The first kappa shape index (κ1) is 18.9. The summed E-state index contributed by atoms with van der Waals surface area (Å²) in [7, 11) is 2.27. The number of nitrogens with one attached hydrogen (secondary N) is 1. The molecule has 1 fully saturated rings. The van der Waals surface area contributed by atoms with Crippen LogP contribution in [-0.4, -0.2) is 62.2 Å². The van der Waals surface area contributed by atoms with Crippen molar-refractivity contribution in [3.05, 3.63) is 0 Å². The van der Waals surface area contributed by atoms with Crippen molar-refractivity contribution in [3.8, 4) is 0 Å². The van der Waals surface area contributed by atoms with Crippen LogP contribution in [0.2, 0.25) is 0 Å². The maximum atomic E-state index is 3.69. The summed E-state index contributed by atoms with van der Waals surface area (Å²) < 4.78 is 0. The molecular weight excluding hydrogens is 258 g/mol.